The fourth-order valence-electron chi connectivity index (χ4n) is 4.73. The van der Waals surface area contributed by atoms with E-state index < -0.39 is 0 Å². The van der Waals surface area contributed by atoms with Crippen LogP contribution < -0.4 is 14.2 Å². The van der Waals surface area contributed by atoms with Gasteiger partial charge in [0.05, 0.1) is 33.5 Å². The second-order valence-electron chi connectivity index (χ2n) is 8.78. The number of ether oxygens (including phenoxy) is 4. The second-order valence-corrected chi connectivity index (χ2v) is 8.78. The van der Waals surface area contributed by atoms with Crippen LogP contribution in [0.3, 0.4) is 0 Å². The Balaban J connectivity index is 0.00000432. The number of hydrogen-bond acceptors (Lipinski definition) is 6. The van der Waals surface area contributed by atoms with Crippen LogP contribution in [0.5, 0.6) is 17.2 Å². The molecule has 0 N–H and O–H groups in total. The minimum Gasteiger partial charge on any atom is -0.497 e. The third-order valence-electron chi connectivity index (χ3n) is 6.73. The molecular formula is C28H40ClNO5. The maximum absolute atomic E-state index is 12.3. The average molecular weight is 506 g/mol. The monoisotopic (exact) mass is 505 g/mol. The van der Waals surface area contributed by atoms with Crippen LogP contribution in [0.1, 0.15) is 60.5 Å². The summed E-state index contributed by atoms with van der Waals surface area (Å²) in [6, 6.07) is 12.2. The van der Waals surface area contributed by atoms with Gasteiger partial charge in [0.15, 0.2) is 11.5 Å². The molecule has 194 valence electrons. The Morgan fingerprint density at radius 1 is 0.914 bits per heavy atom. The Labute approximate surface area is 216 Å². The van der Waals surface area contributed by atoms with Crippen LogP contribution >= 0.6 is 12.4 Å². The van der Waals surface area contributed by atoms with Crippen molar-refractivity contribution >= 4 is 18.4 Å². The predicted molar refractivity (Wildman–Crippen MR) is 142 cm³/mol. The summed E-state index contributed by atoms with van der Waals surface area (Å²) in [5.41, 5.74) is 3.38. The second kappa shape index (κ2) is 14.8. The number of likely N-dealkylation sites (N-methyl/N-ethyl adjacent to an activating group) is 1. The smallest absolute Gasteiger partial charge is 0.338 e. The molecule has 1 unspecified atom stereocenters. The van der Waals surface area contributed by atoms with Gasteiger partial charge >= 0.3 is 5.97 Å². The summed E-state index contributed by atoms with van der Waals surface area (Å²) in [6.45, 7) is 4.90. The molecule has 2 aromatic rings. The molecule has 7 heteroatoms. The molecule has 0 aliphatic heterocycles. The van der Waals surface area contributed by atoms with E-state index in [4.69, 9.17) is 18.9 Å². The van der Waals surface area contributed by atoms with Gasteiger partial charge in [-0.05, 0) is 86.7 Å². The van der Waals surface area contributed by atoms with E-state index in [1.54, 1.807) is 39.5 Å². The highest BCUT2D eigenvalue weighted by Crippen LogP contribution is 2.29. The normalized spacial score (nSPS) is 14.6. The van der Waals surface area contributed by atoms with Crippen LogP contribution in [0.4, 0.5) is 0 Å². The molecule has 0 amide bonds. The third kappa shape index (κ3) is 8.04. The van der Waals surface area contributed by atoms with Gasteiger partial charge in [-0.3, -0.25) is 0 Å². The Bertz CT molecular complexity index is 936. The van der Waals surface area contributed by atoms with E-state index in [-0.39, 0.29) is 18.4 Å². The molecule has 0 bridgehead atoms. The number of carbonyl (C=O) groups excluding carboxylic acids is 1. The Hall–Kier alpha value is -2.44. The molecule has 35 heavy (non-hydrogen) atoms. The van der Waals surface area contributed by atoms with Gasteiger partial charge in [0.2, 0.25) is 0 Å². The lowest BCUT2D eigenvalue weighted by molar-refractivity contribution is 0.0497. The number of aryl methyl sites for hydroxylation is 1. The first-order valence-corrected chi connectivity index (χ1v) is 12.4. The van der Waals surface area contributed by atoms with Gasteiger partial charge in [-0.15, -0.1) is 12.4 Å². The van der Waals surface area contributed by atoms with Crippen molar-refractivity contribution in [2.24, 2.45) is 0 Å². The summed E-state index contributed by atoms with van der Waals surface area (Å²) in [4.78, 5) is 14.9. The maximum atomic E-state index is 12.3. The highest BCUT2D eigenvalue weighted by molar-refractivity contribution is 5.90. The number of nitrogens with zero attached hydrogens (tertiary/aromatic N) is 1. The topological polar surface area (TPSA) is 57.2 Å². The van der Waals surface area contributed by atoms with Crippen LogP contribution in [-0.2, 0) is 17.6 Å². The van der Waals surface area contributed by atoms with E-state index in [2.05, 4.69) is 30.0 Å². The minimum atomic E-state index is -0.326. The first-order chi connectivity index (χ1) is 16.6. The third-order valence-corrected chi connectivity index (χ3v) is 6.73. The zero-order valence-corrected chi connectivity index (χ0v) is 22.3. The van der Waals surface area contributed by atoms with Crippen LogP contribution in [0.15, 0.2) is 36.4 Å². The van der Waals surface area contributed by atoms with Crippen LogP contribution in [0.2, 0.25) is 0 Å². The molecule has 0 saturated heterocycles. The largest absolute Gasteiger partial charge is 0.497 e. The van der Waals surface area contributed by atoms with Crippen molar-refractivity contribution in [1.82, 2.24) is 4.90 Å². The van der Waals surface area contributed by atoms with E-state index in [0.29, 0.717) is 29.7 Å². The first-order valence-electron chi connectivity index (χ1n) is 12.4. The summed E-state index contributed by atoms with van der Waals surface area (Å²) in [5, 5.41) is 0. The molecule has 0 radical (unpaired) electrons. The number of unbranched alkanes of at least 4 members (excludes halogenated alkanes) is 3. The molecule has 2 aromatic carbocycles. The van der Waals surface area contributed by atoms with Gasteiger partial charge in [-0.25, -0.2) is 4.79 Å². The van der Waals surface area contributed by atoms with Crippen molar-refractivity contribution in [3.8, 4) is 17.2 Å². The van der Waals surface area contributed by atoms with Gasteiger partial charge in [-0.1, -0.05) is 25.8 Å². The fraction of sp³-hybridized carbons (Fsp3) is 0.536. The number of hydrogen-bond donors (Lipinski definition) is 0. The maximum Gasteiger partial charge on any atom is 0.338 e. The fourth-order valence-corrected chi connectivity index (χ4v) is 4.73. The zero-order valence-electron chi connectivity index (χ0n) is 21.5. The number of rotatable bonds is 13. The number of halogens is 1. The van der Waals surface area contributed by atoms with Gasteiger partial charge in [0, 0.05) is 6.04 Å². The van der Waals surface area contributed by atoms with E-state index in [1.807, 2.05) is 0 Å². The molecule has 0 aromatic heterocycles. The molecule has 6 nitrogen and oxygen atoms in total. The molecule has 0 saturated carbocycles. The summed E-state index contributed by atoms with van der Waals surface area (Å²) in [6.07, 6.45) is 7.71. The van der Waals surface area contributed by atoms with Crippen molar-refractivity contribution in [2.75, 3.05) is 41.0 Å². The predicted octanol–water partition coefficient (Wildman–Crippen LogP) is 5.73. The Morgan fingerprint density at radius 3 is 2.40 bits per heavy atom. The molecule has 3 rings (SSSR count). The summed E-state index contributed by atoms with van der Waals surface area (Å²) in [5.74, 6) is 1.75. The Morgan fingerprint density at radius 2 is 1.69 bits per heavy atom. The van der Waals surface area contributed by atoms with Gasteiger partial charge in [-0.2, -0.15) is 0 Å². The summed E-state index contributed by atoms with van der Waals surface area (Å²) in [7, 11) is 4.85. The van der Waals surface area contributed by atoms with Gasteiger partial charge in [0.1, 0.15) is 5.75 Å². The van der Waals surface area contributed by atoms with Crippen LogP contribution in [-0.4, -0.2) is 57.9 Å². The molecule has 0 heterocycles. The van der Waals surface area contributed by atoms with Crippen molar-refractivity contribution < 1.29 is 23.7 Å². The lowest BCUT2D eigenvalue weighted by atomic mass is 9.87. The Kier molecular flexibility index (Phi) is 12.2. The quantitative estimate of drug-likeness (QED) is 0.256. The number of methoxy groups -OCH3 is 3. The number of benzene rings is 2. The molecule has 0 fully saturated rings. The van der Waals surface area contributed by atoms with Gasteiger partial charge < -0.3 is 23.8 Å². The van der Waals surface area contributed by atoms with Crippen LogP contribution in [0.25, 0.3) is 0 Å². The van der Waals surface area contributed by atoms with E-state index in [0.717, 1.165) is 50.9 Å². The molecular weight excluding hydrogens is 466 g/mol. The lowest BCUT2D eigenvalue weighted by Gasteiger charge is -2.34. The first kappa shape index (κ1) is 28.8. The lowest BCUT2D eigenvalue weighted by Crippen LogP contribution is -2.39. The van der Waals surface area contributed by atoms with E-state index in [1.165, 1.54) is 24.0 Å². The summed E-state index contributed by atoms with van der Waals surface area (Å²) < 4.78 is 21.3. The van der Waals surface area contributed by atoms with E-state index in [9.17, 15) is 4.79 Å². The van der Waals surface area contributed by atoms with Crippen molar-refractivity contribution in [3.05, 3.63) is 53.1 Å². The van der Waals surface area contributed by atoms with E-state index >= 15 is 0 Å². The number of carbonyl (C=O) groups is 1. The summed E-state index contributed by atoms with van der Waals surface area (Å²) >= 11 is 0. The standard InChI is InChI=1S/C28H39NO5.ClH/c1-5-29(24-13-10-22-19-25(31-2)14-11-21(22)18-24)16-8-6-7-9-17-34-28(30)23-12-15-26(32-3)27(20-23)33-4;/h11-12,14-15,19-20,24H,5-10,13,16-18H2,1-4H3;1H. The van der Waals surface area contributed by atoms with Crippen molar-refractivity contribution in [1.29, 1.82) is 0 Å². The van der Waals surface area contributed by atoms with Crippen molar-refractivity contribution in [3.63, 3.8) is 0 Å². The minimum absolute atomic E-state index is 0. The molecule has 1 aliphatic carbocycles. The highest BCUT2D eigenvalue weighted by Gasteiger charge is 2.23. The number of fused-ring (bicyclic) bond motifs is 1. The van der Waals surface area contributed by atoms with Crippen LogP contribution in [0, 0.1) is 0 Å². The average Bonchev–Trinajstić information content (AvgIpc) is 2.89. The number of esters is 1. The zero-order chi connectivity index (χ0) is 24.3. The molecule has 1 aliphatic rings. The molecule has 0 spiro atoms. The highest BCUT2D eigenvalue weighted by atomic mass is 35.5. The molecule has 1 atom stereocenters. The van der Waals surface area contributed by atoms with Gasteiger partial charge in [0.25, 0.3) is 0 Å². The van der Waals surface area contributed by atoms with Crippen molar-refractivity contribution in [2.45, 2.75) is 57.9 Å². The SMILES string of the molecule is CCN(CCCCCCOC(=O)c1ccc(OC)c(OC)c1)C1CCc2cc(OC)ccc2C1.Cl.